The van der Waals surface area contributed by atoms with Crippen LogP contribution in [0.25, 0.3) is 11.0 Å². The Morgan fingerprint density at radius 1 is 1.42 bits per heavy atom. The Bertz CT molecular complexity index is 820. The number of piperidine rings is 1. The zero-order valence-electron chi connectivity index (χ0n) is 14.5. The molecule has 9 heteroatoms. The van der Waals surface area contributed by atoms with E-state index >= 15 is 0 Å². The lowest BCUT2D eigenvalue weighted by atomic mass is 9.94. The second-order valence-electron chi connectivity index (χ2n) is 6.92. The van der Waals surface area contributed by atoms with Crippen LogP contribution in [0.3, 0.4) is 0 Å². The van der Waals surface area contributed by atoms with E-state index in [1.165, 1.54) is 0 Å². The predicted octanol–water partition coefficient (Wildman–Crippen LogP) is 3.27. The van der Waals surface area contributed by atoms with Gasteiger partial charge in [-0.25, -0.2) is 4.98 Å². The van der Waals surface area contributed by atoms with Crippen LogP contribution < -0.4 is 5.32 Å². The van der Waals surface area contributed by atoms with Gasteiger partial charge in [-0.05, 0) is 60.7 Å². The zero-order chi connectivity index (χ0) is 19.1. The summed E-state index contributed by atoms with van der Waals surface area (Å²) in [6.45, 7) is 2.75. The smallest absolute Gasteiger partial charge is 0.349 e. The summed E-state index contributed by atoms with van der Waals surface area (Å²) < 4.78 is 40.0. The van der Waals surface area contributed by atoms with Gasteiger partial charge in [-0.15, -0.1) is 0 Å². The number of aromatic nitrogens is 2. The van der Waals surface area contributed by atoms with E-state index in [0.717, 1.165) is 30.4 Å². The number of nitrogens with one attached hydrogen (secondary N) is 1. The number of nitrogens with zero attached hydrogens (tertiary/aromatic N) is 3. The molecular weight excluding hydrogens is 460 g/mol. The first kappa shape index (κ1) is 19.4. The first-order chi connectivity index (χ1) is 12.1. The number of hydrogen-bond acceptors (Lipinski definition) is 3. The Balaban J connectivity index is 1.88. The number of amides is 1. The largest absolute Gasteiger partial charge is 0.406 e. The lowest BCUT2D eigenvalue weighted by Gasteiger charge is -2.35. The normalized spacial score (nSPS) is 21.9. The molecule has 3 rings (SSSR count). The molecule has 0 saturated carbocycles. The van der Waals surface area contributed by atoms with Crippen LogP contribution in [0.4, 0.5) is 13.2 Å². The number of fused-ring (bicyclic) bond motifs is 1. The Hall–Kier alpha value is -1.36. The third-order valence-electron chi connectivity index (χ3n) is 4.71. The summed E-state index contributed by atoms with van der Waals surface area (Å²) in [5.41, 5.74) is 0.933. The van der Waals surface area contributed by atoms with Gasteiger partial charge in [0, 0.05) is 16.2 Å². The monoisotopic (exact) mass is 480 g/mol. The van der Waals surface area contributed by atoms with Gasteiger partial charge in [-0.1, -0.05) is 6.92 Å². The number of alkyl halides is 3. The highest BCUT2D eigenvalue weighted by atomic mass is 127. The molecule has 0 spiro atoms. The van der Waals surface area contributed by atoms with Crippen molar-refractivity contribution in [3.8, 4) is 0 Å². The fraction of sp³-hybridized carbons (Fsp3) is 0.529. The lowest BCUT2D eigenvalue weighted by molar-refractivity contribution is -0.139. The van der Waals surface area contributed by atoms with Gasteiger partial charge in [-0.3, -0.25) is 4.79 Å². The maximum atomic E-state index is 12.8. The van der Waals surface area contributed by atoms with Crippen LogP contribution in [-0.2, 0) is 6.54 Å². The number of likely N-dealkylation sites (tertiary alicyclic amines) is 1. The molecule has 26 heavy (non-hydrogen) atoms. The topological polar surface area (TPSA) is 50.2 Å². The minimum atomic E-state index is -4.35. The first-order valence-corrected chi connectivity index (χ1v) is 9.42. The fourth-order valence-corrected chi connectivity index (χ4v) is 4.04. The van der Waals surface area contributed by atoms with Gasteiger partial charge in [-0.2, -0.15) is 13.2 Å². The SMILES string of the molecule is C[C@H]1CN(C)CC[C@@H]1NC(=O)c1cc(I)cc2c1ncn2CC(F)(F)F. The highest BCUT2D eigenvalue weighted by Crippen LogP contribution is 2.26. The summed E-state index contributed by atoms with van der Waals surface area (Å²) in [5, 5.41) is 3.04. The van der Waals surface area contributed by atoms with Crippen molar-refractivity contribution in [3.05, 3.63) is 27.6 Å². The number of carbonyl (C=O) groups excluding carboxylic acids is 1. The standard InChI is InChI=1S/C17H20F3IN4O/c1-10-7-24(2)4-3-13(10)23-16(26)12-5-11(21)6-14-15(12)22-9-25(14)8-17(18,19)20/h5-6,9-10,13H,3-4,7-8H2,1-2H3,(H,23,26)/t10-,13-/m0/s1. The van der Waals surface area contributed by atoms with Gasteiger partial charge >= 0.3 is 6.18 Å². The van der Waals surface area contributed by atoms with Gasteiger partial charge in [0.2, 0.25) is 0 Å². The molecule has 1 aromatic carbocycles. The molecular formula is C17H20F3IN4O. The highest BCUT2D eigenvalue weighted by molar-refractivity contribution is 14.1. The summed E-state index contributed by atoms with van der Waals surface area (Å²) in [7, 11) is 2.05. The van der Waals surface area contributed by atoms with Crippen molar-refractivity contribution in [2.75, 3.05) is 20.1 Å². The molecule has 1 aromatic heterocycles. The van der Waals surface area contributed by atoms with E-state index in [9.17, 15) is 18.0 Å². The predicted molar refractivity (Wildman–Crippen MR) is 101 cm³/mol. The van der Waals surface area contributed by atoms with E-state index in [0.29, 0.717) is 26.1 Å². The molecule has 2 heterocycles. The molecule has 0 unspecified atom stereocenters. The Morgan fingerprint density at radius 3 is 2.81 bits per heavy atom. The summed E-state index contributed by atoms with van der Waals surface area (Å²) in [5.74, 6) is 0.0194. The van der Waals surface area contributed by atoms with Gasteiger partial charge in [0.15, 0.2) is 0 Å². The maximum absolute atomic E-state index is 12.8. The van der Waals surface area contributed by atoms with Crippen molar-refractivity contribution in [3.63, 3.8) is 0 Å². The Labute approximate surface area is 163 Å². The van der Waals surface area contributed by atoms with Crippen molar-refractivity contribution in [1.29, 1.82) is 0 Å². The first-order valence-electron chi connectivity index (χ1n) is 8.34. The van der Waals surface area contributed by atoms with E-state index in [1.807, 2.05) is 29.6 Å². The average molecular weight is 480 g/mol. The molecule has 0 bridgehead atoms. The molecule has 0 radical (unpaired) electrons. The molecule has 1 amide bonds. The van der Waals surface area contributed by atoms with Crippen LogP contribution in [-0.4, -0.2) is 52.7 Å². The van der Waals surface area contributed by atoms with Crippen LogP contribution >= 0.6 is 22.6 Å². The number of rotatable bonds is 3. The molecule has 1 saturated heterocycles. The van der Waals surface area contributed by atoms with Crippen LogP contribution in [0.15, 0.2) is 18.5 Å². The molecule has 2 aromatic rings. The van der Waals surface area contributed by atoms with Crippen molar-refractivity contribution >= 4 is 39.5 Å². The second kappa shape index (κ2) is 7.34. The lowest BCUT2D eigenvalue weighted by Crippen LogP contribution is -2.48. The molecule has 1 fully saturated rings. The van der Waals surface area contributed by atoms with Gasteiger partial charge in [0.05, 0.1) is 17.4 Å². The molecule has 5 nitrogen and oxygen atoms in total. The number of halogens is 4. The van der Waals surface area contributed by atoms with Crippen molar-refractivity contribution in [2.24, 2.45) is 5.92 Å². The van der Waals surface area contributed by atoms with Crippen molar-refractivity contribution in [1.82, 2.24) is 19.8 Å². The fourth-order valence-electron chi connectivity index (χ4n) is 3.44. The van der Waals surface area contributed by atoms with Gasteiger partial charge in [0.1, 0.15) is 12.1 Å². The molecule has 1 aliphatic heterocycles. The minimum Gasteiger partial charge on any atom is -0.349 e. The minimum absolute atomic E-state index is 0.0453. The Morgan fingerprint density at radius 2 is 2.15 bits per heavy atom. The number of imidazole rings is 1. The van der Waals surface area contributed by atoms with Gasteiger partial charge < -0.3 is 14.8 Å². The molecule has 0 aliphatic carbocycles. The van der Waals surface area contributed by atoms with E-state index in [4.69, 9.17) is 0 Å². The quantitative estimate of drug-likeness (QED) is 0.687. The summed E-state index contributed by atoms with van der Waals surface area (Å²) in [4.78, 5) is 19.1. The molecule has 1 N–H and O–H groups in total. The summed E-state index contributed by atoms with van der Waals surface area (Å²) in [6, 6.07) is 3.33. The number of benzene rings is 1. The van der Waals surface area contributed by atoms with Crippen LogP contribution in [0.2, 0.25) is 0 Å². The van der Waals surface area contributed by atoms with Crippen LogP contribution in [0, 0.1) is 9.49 Å². The molecule has 1 aliphatic rings. The molecule has 142 valence electrons. The summed E-state index contributed by atoms with van der Waals surface area (Å²) >= 11 is 2.01. The van der Waals surface area contributed by atoms with E-state index in [1.54, 1.807) is 12.1 Å². The Kier molecular flexibility index (Phi) is 5.48. The third kappa shape index (κ3) is 4.30. The van der Waals surface area contributed by atoms with Gasteiger partial charge in [0.25, 0.3) is 5.91 Å². The van der Waals surface area contributed by atoms with Crippen LogP contribution in [0.5, 0.6) is 0 Å². The molecule has 2 atom stereocenters. The summed E-state index contributed by atoms with van der Waals surface area (Å²) in [6.07, 6.45) is -2.36. The number of hydrogen-bond donors (Lipinski definition) is 1. The second-order valence-corrected chi connectivity index (χ2v) is 8.16. The number of carbonyl (C=O) groups is 1. The van der Waals surface area contributed by atoms with Crippen LogP contribution in [0.1, 0.15) is 23.7 Å². The van der Waals surface area contributed by atoms with Crippen molar-refractivity contribution in [2.45, 2.75) is 32.1 Å². The maximum Gasteiger partial charge on any atom is 0.406 e. The van der Waals surface area contributed by atoms with E-state index in [-0.39, 0.29) is 11.9 Å². The van der Waals surface area contributed by atoms with E-state index < -0.39 is 12.7 Å². The van der Waals surface area contributed by atoms with Crippen molar-refractivity contribution < 1.29 is 18.0 Å². The average Bonchev–Trinajstić information content (AvgIpc) is 2.90. The van der Waals surface area contributed by atoms with E-state index in [2.05, 4.69) is 22.1 Å². The third-order valence-corrected chi connectivity index (χ3v) is 5.33. The highest BCUT2D eigenvalue weighted by Gasteiger charge is 2.30. The zero-order valence-corrected chi connectivity index (χ0v) is 16.6.